The van der Waals surface area contributed by atoms with Crippen LogP contribution in [0.4, 0.5) is 0 Å². The van der Waals surface area contributed by atoms with Crippen molar-refractivity contribution in [3.05, 3.63) is 0 Å². The van der Waals surface area contributed by atoms with E-state index in [1.165, 1.54) is 4.90 Å². The number of amides is 1. The highest BCUT2D eigenvalue weighted by atomic mass is 16.6. The van der Waals surface area contributed by atoms with Crippen LogP contribution in [0.3, 0.4) is 0 Å². The quantitative estimate of drug-likeness (QED) is 0.482. The fourth-order valence-corrected chi connectivity index (χ4v) is 2.16. The van der Waals surface area contributed by atoms with E-state index in [0.29, 0.717) is 32.2 Å². The lowest BCUT2D eigenvalue weighted by atomic mass is 10.0. The summed E-state index contributed by atoms with van der Waals surface area (Å²) in [4.78, 5) is 34.9. The van der Waals surface area contributed by atoms with Gasteiger partial charge in [-0.3, -0.25) is 14.4 Å². The highest BCUT2D eigenvalue weighted by Gasteiger charge is 2.38. The molecule has 2 fully saturated rings. The Balaban J connectivity index is 2.01. The lowest BCUT2D eigenvalue weighted by Gasteiger charge is -2.20. The Hall–Kier alpha value is -1.39. The Bertz CT molecular complexity index is 302. The van der Waals surface area contributed by atoms with Gasteiger partial charge in [0.05, 0.1) is 6.04 Å². The van der Waals surface area contributed by atoms with E-state index in [1.807, 2.05) is 0 Å². The fourth-order valence-electron chi connectivity index (χ4n) is 2.16. The van der Waals surface area contributed by atoms with Crippen LogP contribution < -0.4 is 0 Å². The van der Waals surface area contributed by atoms with Gasteiger partial charge in [0.15, 0.2) is 11.9 Å². The molecule has 2 aliphatic rings. The van der Waals surface area contributed by atoms with Crippen LogP contribution >= 0.6 is 0 Å². The second-order valence-electron chi connectivity index (χ2n) is 3.92. The zero-order valence-electron chi connectivity index (χ0n) is 8.35. The standard InChI is InChI=1S/C10H13NO4/c12-6-11-5-1-2-7(11)10(14)8-3-4-9(13)15-8/h6-8H,1-5H2. The van der Waals surface area contributed by atoms with Gasteiger partial charge in [-0.15, -0.1) is 0 Å². The molecule has 0 spiro atoms. The van der Waals surface area contributed by atoms with Crippen LogP contribution in [0.1, 0.15) is 25.7 Å². The Morgan fingerprint density at radius 2 is 2.27 bits per heavy atom. The lowest BCUT2D eigenvalue weighted by molar-refractivity contribution is -0.149. The molecule has 2 rings (SSSR count). The lowest BCUT2D eigenvalue weighted by Crippen LogP contribution is -2.40. The number of carbonyl (C=O) groups excluding carboxylic acids is 3. The monoisotopic (exact) mass is 211 g/mol. The summed E-state index contributed by atoms with van der Waals surface area (Å²) in [5.74, 6) is -0.436. The van der Waals surface area contributed by atoms with Gasteiger partial charge in [-0.25, -0.2) is 0 Å². The third-order valence-electron chi connectivity index (χ3n) is 2.96. The first-order valence-electron chi connectivity index (χ1n) is 5.16. The molecule has 0 aromatic rings. The summed E-state index contributed by atoms with van der Waals surface area (Å²) < 4.78 is 4.90. The molecule has 5 heteroatoms. The van der Waals surface area contributed by atoms with Gasteiger partial charge in [-0.05, 0) is 12.8 Å². The number of hydrogen-bond acceptors (Lipinski definition) is 4. The van der Waals surface area contributed by atoms with E-state index in [1.54, 1.807) is 0 Å². The predicted octanol–water partition coefficient (Wildman–Crippen LogP) is -0.118. The van der Waals surface area contributed by atoms with Crippen molar-refractivity contribution in [2.45, 2.75) is 37.8 Å². The van der Waals surface area contributed by atoms with Crippen LogP contribution in [-0.2, 0) is 19.1 Å². The van der Waals surface area contributed by atoms with Crippen molar-refractivity contribution in [2.75, 3.05) is 6.54 Å². The molecule has 0 aromatic heterocycles. The van der Waals surface area contributed by atoms with Crippen molar-refractivity contribution in [1.29, 1.82) is 0 Å². The van der Waals surface area contributed by atoms with E-state index < -0.39 is 6.10 Å². The molecular weight excluding hydrogens is 198 g/mol. The van der Waals surface area contributed by atoms with E-state index in [2.05, 4.69) is 0 Å². The van der Waals surface area contributed by atoms with Crippen molar-refractivity contribution in [3.8, 4) is 0 Å². The Morgan fingerprint density at radius 1 is 1.47 bits per heavy atom. The van der Waals surface area contributed by atoms with Crippen molar-refractivity contribution in [1.82, 2.24) is 4.90 Å². The Labute approximate surface area is 87.4 Å². The van der Waals surface area contributed by atoms with Gasteiger partial charge in [0, 0.05) is 19.4 Å². The molecule has 2 saturated heterocycles. The molecule has 2 atom stereocenters. The molecule has 0 radical (unpaired) electrons. The molecule has 0 aromatic carbocycles. The summed E-state index contributed by atoms with van der Waals surface area (Å²) in [6.07, 6.45) is 2.38. The van der Waals surface area contributed by atoms with Crippen molar-refractivity contribution < 1.29 is 19.1 Å². The average Bonchev–Trinajstić information content (AvgIpc) is 2.84. The number of ketones is 1. The average molecular weight is 211 g/mol. The normalized spacial score (nSPS) is 30.4. The second-order valence-corrected chi connectivity index (χ2v) is 3.92. The van der Waals surface area contributed by atoms with Crippen LogP contribution in [0, 0.1) is 0 Å². The van der Waals surface area contributed by atoms with E-state index in [0.717, 1.165) is 6.42 Å². The molecule has 2 aliphatic heterocycles. The van der Waals surface area contributed by atoms with Gasteiger partial charge < -0.3 is 9.64 Å². The first kappa shape index (κ1) is 10.1. The zero-order valence-corrected chi connectivity index (χ0v) is 8.35. The third-order valence-corrected chi connectivity index (χ3v) is 2.96. The van der Waals surface area contributed by atoms with Gasteiger partial charge in [0.2, 0.25) is 6.41 Å². The summed E-state index contributed by atoms with van der Waals surface area (Å²) in [6, 6.07) is -0.376. The molecule has 0 aliphatic carbocycles. The maximum absolute atomic E-state index is 11.9. The molecule has 82 valence electrons. The van der Waals surface area contributed by atoms with Crippen LogP contribution in [0.15, 0.2) is 0 Å². The molecule has 15 heavy (non-hydrogen) atoms. The molecule has 1 amide bonds. The van der Waals surface area contributed by atoms with Crippen LogP contribution in [0.2, 0.25) is 0 Å². The number of likely N-dealkylation sites (tertiary alicyclic amines) is 1. The maximum Gasteiger partial charge on any atom is 0.306 e. The number of rotatable bonds is 3. The van der Waals surface area contributed by atoms with Gasteiger partial charge >= 0.3 is 5.97 Å². The number of Topliss-reactive ketones (excluding diaryl/α,β-unsaturated/α-hetero) is 1. The largest absolute Gasteiger partial charge is 0.454 e. The van der Waals surface area contributed by atoms with Gasteiger partial charge in [-0.1, -0.05) is 0 Å². The Kier molecular flexibility index (Phi) is 2.70. The second kappa shape index (κ2) is 4.00. The van der Waals surface area contributed by atoms with E-state index in [4.69, 9.17) is 4.74 Å². The van der Waals surface area contributed by atoms with E-state index in [9.17, 15) is 14.4 Å². The van der Waals surface area contributed by atoms with Crippen molar-refractivity contribution >= 4 is 18.2 Å². The van der Waals surface area contributed by atoms with Gasteiger partial charge in [0.25, 0.3) is 0 Å². The number of cyclic esters (lactones) is 1. The highest BCUT2D eigenvalue weighted by molar-refractivity contribution is 5.93. The SMILES string of the molecule is O=CN1CCCC1C(=O)C1CCC(=O)O1. The summed E-state index contributed by atoms with van der Waals surface area (Å²) in [5, 5.41) is 0. The number of nitrogens with zero attached hydrogens (tertiary/aromatic N) is 1. The third kappa shape index (κ3) is 1.86. The topological polar surface area (TPSA) is 63.7 Å². The highest BCUT2D eigenvalue weighted by Crippen LogP contribution is 2.23. The maximum atomic E-state index is 11.9. The molecule has 0 bridgehead atoms. The van der Waals surface area contributed by atoms with Crippen molar-refractivity contribution in [2.24, 2.45) is 0 Å². The molecule has 0 N–H and O–H groups in total. The molecule has 2 heterocycles. The number of esters is 1. The first-order chi connectivity index (χ1) is 7.22. The van der Waals surface area contributed by atoms with Crippen LogP contribution in [0.5, 0.6) is 0 Å². The van der Waals surface area contributed by atoms with Gasteiger partial charge in [-0.2, -0.15) is 0 Å². The first-order valence-corrected chi connectivity index (χ1v) is 5.16. The Morgan fingerprint density at radius 3 is 2.87 bits per heavy atom. The minimum Gasteiger partial charge on any atom is -0.454 e. The molecular formula is C10H13NO4. The minimum atomic E-state index is -0.622. The molecule has 2 unspecified atom stereocenters. The number of hydrogen-bond donors (Lipinski definition) is 0. The summed E-state index contributed by atoms with van der Waals surface area (Å²) >= 11 is 0. The summed E-state index contributed by atoms with van der Waals surface area (Å²) in [5.41, 5.74) is 0. The smallest absolute Gasteiger partial charge is 0.306 e. The number of ether oxygens (including phenoxy) is 1. The van der Waals surface area contributed by atoms with Gasteiger partial charge in [0.1, 0.15) is 0 Å². The van der Waals surface area contributed by atoms with Crippen molar-refractivity contribution in [3.63, 3.8) is 0 Å². The van der Waals surface area contributed by atoms with E-state index in [-0.39, 0.29) is 17.8 Å². The zero-order chi connectivity index (χ0) is 10.8. The number of carbonyl (C=O) groups is 3. The predicted molar refractivity (Wildman–Crippen MR) is 49.9 cm³/mol. The fraction of sp³-hybridized carbons (Fsp3) is 0.700. The van der Waals surface area contributed by atoms with E-state index >= 15 is 0 Å². The molecule has 5 nitrogen and oxygen atoms in total. The van der Waals surface area contributed by atoms with Crippen LogP contribution in [-0.4, -0.2) is 41.8 Å². The van der Waals surface area contributed by atoms with Crippen LogP contribution in [0.25, 0.3) is 0 Å². The summed E-state index contributed by atoms with van der Waals surface area (Å²) in [6.45, 7) is 0.626. The summed E-state index contributed by atoms with van der Waals surface area (Å²) in [7, 11) is 0. The minimum absolute atomic E-state index is 0.120. The molecule has 0 saturated carbocycles.